The molecule has 3 aromatic rings. The Morgan fingerprint density at radius 3 is 2.86 bits per heavy atom. The van der Waals surface area contributed by atoms with Crippen LogP contribution in [0.5, 0.6) is 0 Å². The molecule has 4 nitrogen and oxygen atoms in total. The summed E-state index contributed by atoms with van der Waals surface area (Å²) in [6, 6.07) is 9.03. The molecule has 6 heteroatoms. The summed E-state index contributed by atoms with van der Waals surface area (Å²) in [7, 11) is 0. The highest BCUT2D eigenvalue weighted by atomic mass is 127. The fourth-order valence-electron chi connectivity index (χ4n) is 2.35. The molecule has 0 amide bonds. The van der Waals surface area contributed by atoms with Crippen molar-refractivity contribution in [3.05, 3.63) is 56.5 Å². The number of fused-ring (bicyclic) bond motifs is 1. The van der Waals surface area contributed by atoms with Crippen LogP contribution in [0.1, 0.15) is 18.9 Å². The predicted molar refractivity (Wildman–Crippen MR) is 101 cm³/mol. The maximum atomic E-state index is 4.44. The molecular formula is C16H16BrIN4. The van der Waals surface area contributed by atoms with Gasteiger partial charge in [0.25, 0.3) is 0 Å². The predicted octanol–water partition coefficient (Wildman–Crippen LogP) is 4.53. The topological polar surface area (TPSA) is 42.2 Å². The van der Waals surface area contributed by atoms with Crippen molar-refractivity contribution in [2.24, 2.45) is 0 Å². The minimum Gasteiger partial charge on any atom is -0.366 e. The molecule has 0 bridgehead atoms. The van der Waals surface area contributed by atoms with Crippen LogP contribution in [0.3, 0.4) is 0 Å². The van der Waals surface area contributed by atoms with E-state index in [0.717, 1.165) is 28.6 Å². The van der Waals surface area contributed by atoms with Crippen LogP contribution in [0, 0.1) is 3.57 Å². The van der Waals surface area contributed by atoms with Gasteiger partial charge in [-0.25, -0.2) is 9.50 Å². The number of anilines is 1. The highest BCUT2D eigenvalue weighted by Crippen LogP contribution is 2.24. The molecule has 0 fully saturated rings. The van der Waals surface area contributed by atoms with Crippen LogP contribution in [0.4, 0.5) is 5.82 Å². The molecule has 0 aliphatic heterocycles. The summed E-state index contributed by atoms with van der Waals surface area (Å²) >= 11 is 5.86. The van der Waals surface area contributed by atoms with Gasteiger partial charge in [-0.1, -0.05) is 12.1 Å². The summed E-state index contributed by atoms with van der Waals surface area (Å²) in [6.07, 6.45) is 7.50. The van der Waals surface area contributed by atoms with Crippen molar-refractivity contribution in [3.63, 3.8) is 0 Å². The normalized spacial score (nSPS) is 12.5. The highest BCUT2D eigenvalue weighted by molar-refractivity contribution is 14.1. The molecule has 2 heterocycles. The van der Waals surface area contributed by atoms with Crippen molar-refractivity contribution in [1.29, 1.82) is 0 Å². The van der Waals surface area contributed by atoms with Gasteiger partial charge in [-0.2, -0.15) is 5.10 Å². The summed E-state index contributed by atoms with van der Waals surface area (Å²) in [6.45, 7) is 2.18. The number of hydrogen-bond acceptors (Lipinski definition) is 3. The Kier molecular flexibility index (Phi) is 4.97. The molecule has 0 saturated heterocycles. The summed E-state index contributed by atoms with van der Waals surface area (Å²) in [5.41, 5.74) is 2.34. The standard InChI is InChI=1S/C16H16BrIN4/c1-11(2-3-12-4-6-13(18)7-5-12)21-16-15-14(17)10-20-22(15)9-8-19-16/h4-11H,2-3H2,1H3,(H,19,21). The number of rotatable bonds is 5. The summed E-state index contributed by atoms with van der Waals surface area (Å²) in [5.74, 6) is 0.863. The smallest absolute Gasteiger partial charge is 0.153 e. The Bertz CT molecular complexity index is 769. The van der Waals surface area contributed by atoms with Crippen molar-refractivity contribution in [2.45, 2.75) is 25.8 Å². The van der Waals surface area contributed by atoms with Crippen molar-refractivity contribution >= 4 is 49.9 Å². The van der Waals surface area contributed by atoms with E-state index in [2.05, 4.69) is 85.1 Å². The van der Waals surface area contributed by atoms with E-state index in [4.69, 9.17) is 0 Å². The van der Waals surface area contributed by atoms with Crippen molar-refractivity contribution in [1.82, 2.24) is 14.6 Å². The largest absolute Gasteiger partial charge is 0.366 e. The maximum Gasteiger partial charge on any atom is 0.153 e. The monoisotopic (exact) mass is 470 g/mol. The third-order valence-corrected chi connectivity index (χ3v) is 4.85. The molecule has 0 aliphatic carbocycles. The van der Waals surface area contributed by atoms with E-state index >= 15 is 0 Å². The molecule has 3 rings (SSSR count). The van der Waals surface area contributed by atoms with Gasteiger partial charge in [0.15, 0.2) is 5.82 Å². The van der Waals surface area contributed by atoms with Gasteiger partial charge < -0.3 is 5.32 Å². The lowest BCUT2D eigenvalue weighted by atomic mass is 10.1. The van der Waals surface area contributed by atoms with E-state index in [0.29, 0.717) is 6.04 Å². The third kappa shape index (κ3) is 3.60. The highest BCUT2D eigenvalue weighted by Gasteiger charge is 2.11. The van der Waals surface area contributed by atoms with Gasteiger partial charge in [0.05, 0.1) is 10.7 Å². The zero-order valence-corrected chi connectivity index (χ0v) is 15.9. The molecule has 2 aromatic heterocycles. The average molecular weight is 471 g/mol. The molecular weight excluding hydrogens is 455 g/mol. The molecule has 1 N–H and O–H groups in total. The van der Waals surface area contributed by atoms with Gasteiger partial charge in [0.2, 0.25) is 0 Å². The fraction of sp³-hybridized carbons (Fsp3) is 0.250. The second-order valence-electron chi connectivity index (χ2n) is 5.27. The number of aryl methyl sites for hydroxylation is 1. The van der Waals surface area contributed by atoms with Crippen LogP contribution in [0.2, 0.25) is 0 Å². The van der Waals surface area contributed by atoms with Crippen LogP contribution in [-0.4, -0.2) is 20.6 Å². The zero-order valence-electron chi connectivity index (χ0n) is 12.1. The van der Waals surface area contributed by atoms with Gasteiger partial charge in [0.1, 0.15) is 5.52 Å². The number of nitrogens with zero attached hydrogens (tertiary/aromatic N) is 3. The van der Waals surface area contributed by atoms with Crippen LogP contribution in [0.15, 0.2) is 47.3 Å². The Balaban J connectivity index is 1.67. The minimum absolute atomic E-state index is 0.333. The molecule has 0 spiro atoms. The van der Waals surface area contributed by atoms with E-state index < -0.39 is 0 Å². The molecule has 0 saturated carbocycles. The SMILES string of the molecule is CC(CCc1ccc(I)cc1)Nc1nccn2ncc(Br)c12. The molecule has 22 heavy (non-hydrogen) atoms. The van der Waals surface area contributed by atoms with Crippen molar-refractivity contribution in [2.75, 3.05) is 5.32 Å². The number of benzene rings is 1. The van der Waals surface area contributed by atoms with Gasteiger partial charge in [-0.15, -0.1) is 0 Å². The first kappa shape index (κ1) is 15.7. The maximum absolute atomic E-state index is 4.44. The van der Waals surface area contributed by atoms with E-state index in [1.807, 2.05) is 10.7 Å². The van der Waals surface area contributed by atoms with E-state index in [1.165, 1.54) is 9.13 Å². The van der Waals surface area contributed by atoms with Crippen LogP contribution >= 0.6 is 38.5 Å². The molecule has 1 atom stereocenters. The first-order valence-electron chi connectivity index (χ1n) is 7.12. The molecule has 1 aromatic carbocycles. The molecule has 114 valence electrons. The summed E-state index contributed by atoms with van der Waals surface area (Å²) < 4.78 is 4.05. The lowest BCUT2D eigenvalue weighted by Crippen LogP contribution is -2.17. The Labute approximate surface area is 151 Å². The van der Waals surface area contributed by atoms with Crippen LogP contribution in [0.25, 0.3) is 5.52 Å². The number of hydrogen-bond donors (Lipinski definition) is 1. The number of nitrogens with one attached hydrogen (secondary N) is 1. The van der Waals surface area contributed by atoms with Crippen molar-refractivity contribution in [3.8, 4) is 0 Å². The van der Waals surface area contributed by atoms with Crippen LogP contribution < -0.4 is 5.32 Å². The third-order valence-electron chi connectivity index (χ3n) is 3.55. The van der Waals surface area contributed by atoms with Gasteiger partial charge in [-0.05, 0) is 76.0 Å². The zero-order chi connectivity index (χ0) is 15.5. The van der Waals surface area contributed by atoms with E-state index in [9.17, 15) is 0 Å². The lowest BCUT2D eigenvalue weighted by Gasteiger charge is -2.15. The Hall–Kier alpha value is -1.15. The van der Waals surface area contributed by atoms with Crippen molar-refractivity contribution < 1.29 is 0 Å². The van der Waals surface area contributed by atoms with Gasteiger partial charge in [-0.3, -0.25) is 0 Å². The Morgan fingerprint density at radius 2 is 2.09 bits per heavy atom. The number of halogens is 2. The van der Waals surface area contributed by atoms with Crippen LogP contribution in [-0.2, 0) is 6.42 Å². The number of aromatic nitrogens is 3. The van der Waals surface area contributed by atoms with Gasteiger partial charge >= 0.3 is 0 Å². The minimum atomic E-state index is 0.333. The second-order valence-corrected chi connectivity index (χ2v) is 7.37. The fourth-order valence-corrected chi connectivity index (χ4v) is 3.17. The van der Waals surface area contributed by atoms with E-state index in [-0.39, 0.29) is 0 Å². The second kappa shape index (κ2) is 6.95. The molecule has 0 radical (unpaired) electrons. The quantitative estimate of drug-likeness (QED) is 0.557. The molecule has 0 aliphatic rings. The lowest BCUT2D eigenvalue weighted by molar-refractivity contribution is 0.702. The molecule has 1 unspecified atom stereocenters. The first-order valence-corrected chi connectivity index (χ1v) is 8.99. The first-order chi connectivity index (χ1) is 10.6. The Morgan fingerprint density at radius 1 is 1.32 bits per heavy atom. The van der Waals surface area contributed by atoms with E-state index in [1.54, 1.807) is 12.4 Å². The summed E-state index contributed by atoms with van der Waals surface area (Å²) in [4.78, 5) is 4.44. The average Bonchev–Trinajstić information content (AvgIpc) is 2.89. The summed E-state index contributed by atoms with van der Waals surface area (Å²) in [5, 5.41) is 7.77. The van der Waals surface area contributed by atoms with Gasteiger partial charge in [0, 0.05) is 22.0 Å².